The van der Waals surface area contributed by atoms with E-state index in [1.165, 1.54) is 12.1 Å². The lowest BCUT2D eigenvalue weighted by Gasteiger charge is -2.33. The highest BCUT2D eigenvalue weighted by Crippen LogP contribution is 2.39. The van der Waals surface area contributed by atoms with Crippen molar-refractivity contribution in [1.82, 2.24) is 25.8 Å². The molecule has 0 aliphatic carbocycles. The first-order valence-electron chi connectivity index (χ1n) is 21.8. The van der Waals surface area contributed by atoms with Gasteiger partial charge in [-0.2, -0.15) is 0 Å². The van der Waals surface area contributed by atoms with E-state index >= 15 is 0 Å². The zero-order valence-corrected chi connectivity index (χ0v) is 36.2. The number of para-hydroxylation sites is 1. The predicted octanol–water partition coefficient (Wildman–Crippen LogP) is 7.37. The van der Waals surface area contributed by atoms with Crippen molar-refractivity contribution >= 4 is 34.5 Å². The third-order valence-corrected chi connectivity index (χ3v) is 12.1. The molecule has 64 heavy (non-hydrogen) atoms. The average Bonchev–Trinajstić information content (AvgIpc) is 3.30. The number of carbonyl (C=O) groups is 3. The van der Waals surface area contributed by atoms with E-state index in [0.717, 1.165) is 64.9 Å². The number of aliphatic hydroxyl groups is 1. The smallest absolute Gasteiger partial charge is 0.409 e. The highest BCUT2D eigenvalue weighted by atomic mass is 16.4. The van der Waals surface area contributed by atoms with Crippen molar-refractivity contribution in [2.24, 2.45) is 0 Å². The summed E-state index contributed by atoms with van der Waals surface area (Å²) in [5.41, 5.74) is 8.38. The fourth-order valence-corrected chi connectivity index (χ4v) is 8.58. The first-order chi connectivity index (χ1) is 30.9. The van der Waals surface area contributed by atoms with Crippen LogP contribution in [0.3, 0.4) is 0 Å². The van der Waals surface area contributed by atoms with Gasteiger partial charge in [-0.3, -0.25) is 19.7 Å². The number of carboxylic acid groups (broad SMARTS) is 1. The minimum Gasteiger partial charge on any atom is -0.506 e. The van der Waals surface area contributed by atoms with Gasteiger partial charge in [0.1, 0.15) is 5.75 Å². The van der Waals surface area contributed by atoms with Crippen LogP contribution in [0.25, 0.3) is 22.0 Å². The van der Waals surface area contributed by atoms with Crippen LogP contribution in [-0.4, -0.2) is 75.3 Å². The topological polar surface area (TPSA) is 196 Å². The van der Waals surface area contributed by atoms with Gasteiger partial charge in [0.05, 0.1) is 17.3 Å². The molecule has 7 rings (SSSR count). The molecule has 13 heteroatoms. The number of amides is 3. The van der Waals surface area contributed by atoms with Crippen molar-refractivity contribution < 1.29 is 29.7 Å². The van der Waals surface area contributed by atoms with Gasteiger partial charge in [0.15, 0.2) is 0 Å². The van der Waals surface area contributed by atoms with Gasteiger partial charge in [0.2, 0.25) is 11.5 Å². The number of rotatable bonds is 17. The van der Waals surface area contributed by atoms with Gasteiger partial charge < -0.3 is 41.2 Å². The maximum atomic E-state index is 13.3. The van der Waals surface area contributed by atoms with Gasteiger partial charge >= 0.3 is 6.09 Å². The Morgan fingerprint density at radius 1 is 0.844 bits per heavy atom. The van der Waals surface area contributed by atoms with Crippen molar-refractivity contribution in [1.29, 1.82) is 0 Å². The molecule has 5 aromatic carbocycles. The monoisotopic (exact) mass is 864 g/mol. The molecule has 332 valence electrons. The Balaban J connectivity index is 0.848. The number of hydrogen-bond acceptors (Lipinski definition) is 8. The Bertz CT molecular complexity index is 2660. The van der Waals surface area contributed by atoms with Crippen molar-refractivity contribution in [3.05, 3.63) is 165 Å². The number of anilines is 1. The second kappa shape index (κ2) is 21.0. The number of aromatic nitrogens is 1. The van der Waals surface area contributed by atoms with Crippen LogP contribution >= 0.6 is 0 Å². The van der Waals surface area contributed by atoms with Crippen LogP contribution in [0.15, 0.2) is 120 Å². The number of likely N-dealkylation sites (tertiary alicyclic amines) is 1. The van der Waals surface area contributed by atoms with E-state index < -0.39 is 12.2 Å². The number of benzene rings is 5. The Kier molecular flexibility index (Phi) is 14.9. The van der Waals surface area contributed by atoms with Crippen LogP contribution in [-0.2, 0) is 24.3 Å². The van der Waals surface area contributed by atoms with Gasteiger partial charge in [-0.15, -0.1) is 0 Å². The fourth-order valence-electron chi connectivity index (χ4n) is 8.58. The quantitative estimate of drug-likeness (QED) is 0.0462. The number of phenols is 1. The molecule has 0 radical (unpaired) electrons. The molecule has 0 bridgehead atoms. The Morgan fingerprint density at radius 2 is 1.61 bits per heavy atom. The number of piperidine rings is 1. The maximum Gasteiger partial charge on any atom is 0.409 e. The van der Waals surface area contributed by atoms with E-state index in [4.69, 9.17) is 0 Å². The normalized spacial score (nSPS) is 14.2. The molecule has 0 saturated carbocycles. The van der Waals surface area contributed by atoms with Crippen molar-refractivity contribution in [2.45, 2.75) is 70.7 Å². The molecule has 1 saturated heterocycles. The summed E-state index contributed by atoms with van der Waals surface area (Å²) in [6.07, 6.45) is 0.776. The molecule has 2 heterocycles. The van der Waals surface area contributed by atoms with Gasteiger partial charge in [-0.1, -0.05) is 84.9 Å². The van der Waals surface area contributed by atoms with Crippen molar-refractivity contribution in [2.75, 3.05) is 31.5 Å². The van der Waals surface area contributed by atoms with E-state index in [9.17, 15) is 34.5 Å². The number of H-pyrrole nitrogens is 1. The number of carbonyl (C=O) groups excluding carboxylic acids is 2. The van der Waals surface area contributed by atoms with Crippen molar-refractivity contribution in [3.8, 4) is 16.9 Å². The summed E-state index contributed by atoms with van der Waals surface area (Å²) in [5, 5.41) is 43.5. The molecule has 1 aliphatic heterocycles. The number of aromatic amines is 1. The number of nitrogens with zero attached hydrogens (tertiary/aromatic N) is 1. The summed E-state index contributed by atoms with van der Waals surface area (Å²) in [6, 6.07) is 35.3. The number of aliphatic hydroxyl groups excluding tert-OH is 1. The van der Waals surface area contributed by atoms with Crippen LogP contribution in [0, 0.1) is 6.92 Å². The second-order valence-corrected chi connectivity index (χ2v) is 16.7. The minimum atomic E-state index is -1.09. The largest absolute Gasteiger partial charge is 0.506 e. The Morgan fingerprint density at radius 3 is 2.39 bits per heavy atom. The van der Waals surface area contributed by atoms with Crippen molar-refractivity contribution in [3.63, 3.8) is 0 Å². The third kappa shape index (κ3) is 11.6. The minimum absolute atomic E-state index is 0.0149. The van der Waals surface area contributed by atoms with E-state index in [1.807, 2.05) is 92.7 Å². The standard InChI is InChI=1S/C51H56N6O7/c1-32-14-15-38(50(62)54-29-35-9-6-8-34(27-35)26-33(2)52-31-45(59)42-16-18-44(58)49-43(42)17-19-47(61)55-49)28-39(32)30-53-46(60)22-25-57-23-20-37(21-24-57)41-13-7-12-40(48(41)56-51(63)64)36-10-4-3-5-11-36/h3-19,27-28,33,37,45,52,56,58-59H,20-26,29-31H2,1-2H3,(H,53,60)(H,54,62)(H,55,61)(H,63,64)/t33?,45-/m0/s1. The summed E-state index contributed by atoms with van der Waals surface area (Å²) in [7, 11) is 0. The zero-order chi connectivity index (χ0) is 45.2. The Hall–Kier alpha value is -6.80. The molecule has 2 atom stereocenters. The number of fused-ring (bicyclic) bond motifs is 1. The summed E-state index contributed by atoms with van der Waals surface area (Å²) < 4.78 is 0. The average molecular weight is 865 g/mol. The number of pyridine rings is 1. The van der Waals surface area contributed by atoms with Crippen LogP contribution in [0.5, 0.6) is 5.75 Å². The molecule has 1 fully saturated rings. The molecule has 1 aliphatic rings. The first kappa shape index (κ1) is 45.2. The van der Waals surface area contributed by atoms with Gasteiger partial charge in [0, 0.05) is 61.2 Å². The van der Waals surface area contributed by atoms with E-state index in [1.54, 1.807) is 18.2 Å². The van der Waals surface area contributed by atoms with Gasteiger partial charge in [-0.05, 0) is 115 Å². The molecular formula is C51H56N6O7. The molecular weight excluding hydrogens is 809 g/mol. The van der Waals surface area contributed by atoms with Crippen LogP contribution in [0.2, 0.25) is 0 Å². The van der Waals surface area contributed by atoms with Crippen LogP contribution in [0.1, 0.15) is 81.9 Å². The molecule has 6 aromatic rings. The number of hydrogen-bond donors (Lipinski definition) is 8. The summed E-state index contributed by atoms with van der Waals surface area (Å²) in [5.74, 6) is -0.144. The summed E-state index contributed by atoms with van der Waals surface area (Å²) in [6.45, 7) is 7.12. The maximum absolute atomic E-state index is 13.3. The molecule has 1 aromatic heterocycles. The zero-order valence-electron chi connectivity index (χ0n) is 36.2. The number of nitrogens with one attached hydrogen (secondary N) is 5. The summed E-state index contributed by atoms with van der Waals surface area (Å²) in [4.78, 5) is 54.8. The van der Waals surface area contributed by atoms with Gasteiger partial charge in [0.25, 0.3) is 5.91 Å². The molecule has 0 spiro atoms. The highest BCUT2D eigenvalue weighted by Gasteiger charge is 2.25. The molecule has 3 amide bonds. The molecule has 1 unspecified atom stereocenters. The van der Waals surface area contributed by atoms with E-state index in [-0.39, 0.29) is 41.6 Å². The summed E-state index contributed by atoms with van der Waals surface area (Å²) >= 11 is 0. The Labute approximate surface area is 372 Å². The second-order valence-electron chi connectivity index (χ2n) is 16.7. The predicted molar refractivity (Wildman–Crippen MR) is 250 cm³/mol. The highest BCUT2D eigenvalue weighted by molar-refractivity contribution is 5.94. The lowest BCUT2D eigenvalue weighted by molar-refractivity contribution is -0.121. The number of aryl methyl sites for hydroxylation is 1. The lowest BCUT2D eigenvalue weighted by Crippen LogP contribution is -2.36. The van der Waals surface area contributed by atoms with E-state index in [0.29, 0.717) is 60.2 Å². The van der Waals surface area contributed by atoms with Crippen LogP contribution < -0.4 is 26.8 Å². The molecule has 8 N–H and O–H groups in total. The lowest BCUT2D eigenvalue weighted by atomic mass is 9.86. The van der Waals surface area contributed by atoms with Gasteiger partial charge in [-0.25, -0.2) is 4.79 Å². The third-order valence-electron chi connectivity index (χ3n) is 12.1. The molecule has 13 nitrogen and oxygen atoms in total. The van der Waals surface area contributed by atoms with E-state index in [2.05, 4.69) is 37.2 Å². The fraction of sp³-hybridized carbons (Fsp3) is 0.294. The first-order valence-corrected chi connectivity index (χ1v) is 21.8. The SMILES string of the molecule is Cc1ccc(C(=O)NCc2cccc(CC(C)NC[C@H](O)c3ccc(O)c4[nH]c(=O)ccc34)c2)cc1CNC(=O)CCN1CCC(c2cccc(-c3ccccc3)c2NC(=O)O)CC1. The van der Waals surface area contributed by atoms with Crippen LogP contribution in [0.4, 0.5) is 10.5 Å². The number of aromatic hydroxyl groups is 1. The number of phenolic OH excluding ortho intramolecular Hbond substituents is 1.